The molecule has 0 unspecified atom stereocenters. The SMILES string of the molecule is N#Cc1ccc2c(c1)c1ccccc1n2-c1c(-c2ccccc2)cc(-c2nc(-c3ccccc3)cc(-c3ccccc3)n2)cc1-c1ccccc1. The van der Waals surface area contributed by atoms with E-state index >= 15 is 0 Å². The third kappa shape index (κ3) is 5.44. The zero-order valence-electron chi connectivity index (χ0n) is 27.6. The summed E-state index contributed by atoms with van der Waals surface area (Å²) in [6, 6.07) is 65.0. The van der Waals surface area contributed by atoms with Crippen LogP contribution in [0.5, 0.6) is 0 Å². The third-order valence-electron chi connectivity index (χ3n) is 9.43. The first-order valence-electron chi connectivity index (χ1n) is 17.0. The molecule has 4 nitrogen and oxygen atoms in total. The molecule has 7 aromatic carbocycles. The average molecular weight is 651 g/mol. The molecule has 51 heavy (non-hydrogen) atoms. The Hall–Kier alpha value is -7.09. The van der Waals surface area contributed by atoms with Crippen molar-refractivity contribution in [3.05, 3.63) is 188 Å². The molecule has 0 atom stereocenters. The van der Waals surface area contributed by atoms with Crippen molar-refractivity contribution in [1.29, 1.82) is 5.26 Å². The van der Waals surface area contributed by atoms with Crippen molar-refractivity contribution < 1.29 is 0 Å². The van der Waals surface area contributed by atoms with Gasteiger partial charge < -0.3 is 4.57 Å². The van der Waals surface area contributed by atoms with Crippen molar-refractivity contribution in [2.75, 3.05) is 0 Å². The van der Waals surface area contributed by atoms with Gasteiger partial charge in [-0.15, -0.1) is 0 Å². The number of para-hydroxylation sites is 1. The van der Waals surface area contributed by atoms with Crippen LogP contribution in [0.15, 0.2) is 182 Å². The van der Waals surface area contributed by atoms with Crippen molar-refractivity contribution in [2.45, 2.75) is 0 Å². The summed E-state index contributed by atoms with van der Waals surface area (Å²) in [7, 11) is 0. The summed E-state index contributed by atoms with van der Waals surface area (Å²) in [5.74, 6) is 0.650. The van der Waals surface area contributed by atoms with Gasteiger partial charge in [0.2, 0.25) is 0 Å². The molecule has 0 saturated heterocycles. The maximum absolute atomic E-state index is 9.83. The van der Waals surface area contributed by atoms with Gasteiger partial charge in [0.15, 0.2) is 5.82 Å². The van der Waals surface area contributed by atoms with Gasteiger partial charge in [0.1, 0.15) is 0 Å². The highest BCUT2D eigenvalue weighted by Crippen LogP contribution is 2.44. The predicted molar refractivity (Wildman–Crippen MR) is 208 cm³/mol. The Kier molecular flexibility index (Phi) is 7.50. The highest BCUT2D eigenvalue weighted by atomic mass is 15.0. The van der Waals surface area contributed by atoms with Gasteiger partial charge in [0.25, 0.3) is 0 Å². The first-order chi connectivity index (χ1) is 25.2. The number of rotatable bonds is 6. The fraction of sp³-hybridized carbons (Fsp3) is 0. The molecule has 0 saturated carbocycles. The molecule has 0 aliphatic carbocycles. The largest absolute Gasteiger partial charge is 0.308 e. The van der Waals surface area contributed by atoms with Crippen LogP contribution >= 0.6 is 0 Å². The maximum Gasteiger partial charge on any atom is 0.160 e. The lowest BCUT2D eigenvalue weighted by atomic mass is 9.92. The summed E-state index contributed by atoms with van der Waals surface area (Å²) in [5, 5.41) is 12.0. The number of benzene rings is 7. The third-order valence-corrected chi connectivity index (χ3v) is 9.43. The maximum atomic E-state index is 9.83. The second kappa shape index (κ2) is 12.7. The predicted octanol–water partition coefficient (Wildman–Crippen LogP) is 11.8. The van der Waals surface area contributed by atoms with Gasteiger partial charge >= 0.3 is 0 Å². The number of aromatic nitrogens is 3. The molecule has 2 heterocycles. The zero-order chi connectivity index (χ0) is 34.1. The van der Waals surface area contributed by atoms with Crippen molar-refractivity contribution >= 4 is 21.8 Å². The molecule has 9 aromatic rings. The van der Waals surface area contributed by atoms with Crippen LogP contribution in [0.1, 0.15) is 5.56 Å². The van der Waals surface area contributed by atoms with Crippen LogP contribution in [0.25, 0.3) is 83.6 Å². The quantitative estimate of drug-likeness (QED) is 0.180. The highest BCUT2D eigenvalue weighted by molar-refractivity contribution is 6.11. The zero-order valence-corrected chi connectivity index (χ0v) is 27.6. The first-order valence-corrected chi connectivity index (χ1v) is 17.0. The van der Waals surface area contributed by atoms with Gasteiger partial charge in [-0.25, -0.2) is 9.97 Å². The number of fused-ring (bicyclic) bond motifs is 3. The van der Waals surface area contributed by atoms with Gasteiger partial charge in [-0.05, 0) is 53.6 Å². The average Bonchev–Trinajstić information content (AvgIpc) is 3.54. The molecule has 0 radical (unpaired) electrons. The van der Waals surface area contributed by atoms with Crippen molar-refractivity contribution in [3.8, 4) is 67.9 Å². The lowest BCUT2D eigenvalue weighted by Crippen LogP contribution is -2.03. The Morgan fingerprint density at radius 3 is 1.41 bits per heavy atom. The fourth-order valence-corrected chi connectivity index (χ4v) is 7.05. The minimum Gasteiger partial charge on any atom is -0.308 e. The molecule has 0 aliphatic heterocycles. The Balaban J connectivity index is 1.40. The summed E-state index contributed by atoms with van der Waals surface area (Å²) in [6.07, 6.45) is 0. The summed E-state index contributed by atoms with van der Waals surface area (Å²) < 4.78 is 2.36. The minimum atomic E-state index is 0.636. The van der Waals surface area contributed by atoms with E-state index in [1.54, 1.807) is 0 Å². The van der Waals surface area contributed by atoms with E-state index in [4.69, 9.17) is 9.97 Å². The Bertz CT molecular complexity index is 2610. The number of nitrogens with zero attached hydrogens (tertiary/aromatic N) is 4. The molecule has 238 valence electrons. The molecule has 0 spiro atoms. The topological polar surface area (TPSA) is 54.5 Å². The second-order valence-corrected chi connectivity index (χ2v) is 12.5. The molecule has 4 heteroatoms. The van der Waals surface area contributed by atoms with Gasteiger partial charge in [0, 0.05) is 38.6 Å². The van der Waals surface area contributed by atoms with Crippen molar-refractivity contribution in [1.82, 2.24) is 14.5 Å². The number of hydrogen-bond acceptors (Lipinski definition) is 3. The lowest BCUT2D eigenvalue weighted by Gasteiger charge is -2.21. The van der Waals surface area contributed by atoms with Crippen LogP contribution in [0.4, 0.5) is 0 Å². The number of nitriles is 1. The van der Waals surface area contributed by atoms with Crippen LogP contribution < -0.4 is 0 Å². The van der Waals surface area contributed by atoms with Gasteiger partial charge in [0.05, 0.1) is 39.7 Å². The molecule has 0 N–H and O–H groups in total. The van der Waals surface area contributed by atoms with E-state index in [9.17, 15) is 5.26 Å². The van der Waals surface area contributed by atoms with Crippen LogP contribution in [-0.2, 0) is 0 Å². The smallest absolute Gasteiger partial charge is 0.160 e. The summed E-state index contributed by atoms with van der Waals surface area (Å²) in [4.78, 5) is 10.5. The first kappa shape index (κ1) is 30.0. The highest BCUT2D eigenvalue weighted by Gasteiger charge is 2.23. The van der Waals surface area contributed by atoms with E-state index in [0.29, 0.717) is 11.4 Å². The fourth-order valence-electron chi connectivity index (χ4n) is 7.05. The van der Waals surface area contributed by atoms with E-state index < -0.39 is 0 Å². The standard InChI is InChI=1S/C47H30N4/c48-31-32-25-26-45-41(27-32)38-23-13-14-24-44(38)51(45)46-39(33-15-5-1-6-16-33)28-37(29-40(46)34-17-7-2-8-18-34)47-49-42(35-19-9-3-10-20-35)30-43(50-47)36-21-11-4-12-22-36/h1-30H. The molecule has 0 aliphatic rings. The van der Waals surface area contributed by atoms with E-state index in [0.717, 1.165) is 77.8 Å². The Morgan fingerprint density at radius 1 is 0.412 bits per heavy atom. The summed E-state index contributed by atoms with van der Waals surface area (Å²) >= 11 is 0. The summed E-state index contributed by atoms with van der Waals surface area (Å²) in [5.41, 5.74) is 12.7. The molecule has 0 amide bonds. The molecule has 0 fully saturated rings. The van der Waals surface area contributed by atoms with E-state index in [-0.39, 0.29) is 0 Å². The van der Waals surface area contributed by atoms with Gasteiger partial charge in [-0.3, -0.25) is 0 Å². The second-order valence-electron chi connectivity index (χ2n) is 12.5. The van der Waals surface area contributed by atoms with Crippen molar-refractivity contribution in [3.63, 3.8) is 0 Å². The molecular weight excluding hydrogens is 621 g/mol. The van der Waals surface area contributed by atoms with Crippen LogP contribution in [0, 0.1) is 11.3 Å². The monoisotopic (exact) mass is 650 g/mol. The van der Waals surface area contributed by atoms with Gasteiger partial charge in [-0.1, -0.05) is 140 Å². The summed E-state index contributed by atoms with van der Waals surface area (Å²) in [6.45, 7) is 0. The van der Waals surface area contributed by atoms with Gasteiger partial charge in [-0.2, -0.15) is 5.26 Å². The van der Waals surface area contributed by atoms with E-state index in [2.05, 4.69) is 132 Å². The molecule has 9 rings (SSSR count). The normalized spacial score (nSPS) is 11.1. The number of hydrogen-bond donors (Lipinski definition) is 0. The minimum absolute atomic E-state index is 0.636. The Labute approximate surface area is 296 Å². The molecule has 0 bridgehead atoms. The molecular formula is C47H30N4. The molecule has 2 aromatic heterocycles. The van der Waals surface area contributed by atoms with Crippen LogP contribution in [0.3, 0.4) is 0 Å². The lowest BCUT2D eigenvalue weighted by molar-refractivity contribution is 1.17. The van der Waals surface area contributed by atoms with Crippen LogP contribution in [0.2, 0.25) is 0 Å². The van der Waals surface area contributed by atoms with E-state index in [1.165, 1.54) is 0 Å². The van der Waals surface area contributed by atoms with Crippen LogP contribution in [-0.4, -0.2) is 14.5 Å². The Morgan fingerprint density at radius 2 is 0.882 bits per heavy atom. The van der Waals surface area contributed by atoms with Crippen molar-refractivity contribution in [2.24, 2.45) is 0 Å². The van der Waals surface area contributed by atoms with E-state index in [1.807, 2.05) is 60.7 Å².